The van der Waals surface area contributed by atoms with Gasteiger partial charge in [-0.1, -0.05) is 19.3 Å². The third-order valence-corrected chi connectivity index (χ3v) is 20.9. The summed E-state index contributed by atoms with van der Waals surface area (Å²) >= 11 is 6.89. The summed E-state index contributed by atoms with van der Waals surface area (Å²) in [7, 11) is -1.16. The maximum absolute atomic E-state index is 13.6. The number of piperidine rings is 1. The van der Waals surface area contributed by atoms with Crippen molar-refractivity contribution in [3.05, 3.63) is 133 Å². The number of carbonyl (C=O) groups excluding carboxylic acids is 1. The number of fused-ring (bicyclic) bond motifs is 2. The number of nitrogens with one attached hydrogen (secondary N) is 4. The van der Waals surface area contributed by atoms with Crippen LogP contribution in [0.2, 0.25) is 0 Å². The van der Waals surface area contributed by atoms with Crippen LogP contribution < -0.4 is 145 Å². The van der Waals surface area contributed by atoms with Gasteiger partial charge in [0.1, 0.15) is 42.6 Å². The number of hydrogen-bond acceptors (Lipinski definition) is 26. The summed E-state index contributed by atoms with van der Waals surface area (Å²) in [5.74, 6) is 0.191. The Labute approximate surface area is 664 Å². The van der Waals surface area contributed by atoms with E-state index < -0.39 is 30.7 Å². The van der Waals surface area contributed by atoms with E-state index in [1.807, 2.05) is 18.2 Å². The van der Waals surface area contributed by atoms with Crippen LogP contribution in [-0.4, -0.2) is 194 Å². The molecule has 3 saturated heterocycles. The van der Waals surface area contributed by atoms with E-state index in [9.17, 15) is 33.7 Å². The average Bonchev–Trinajstić information content (AvgIpc) is 0.781. The number of aromatic nitrogens is 8. The van der Waals surface area contributed by atoms with Crippen molar-refractivity contribution in [2.75, 3.05) is 132 Å². The molecular formula is C62H76Br2FK2N19O9P2. The molecule has 7 heterocycles. The standard InChI is InChI=1S/C30H36BrN10O3P.C20H16BrFN7O3P.C11H22N2.CH2O3.2K.H/c1-38-14-16-39(17-15-38)21-8-12-40(13-9-21)25-7-4-20(18-26(25)41(42)43)35-30-34-19-22(31)29(37-30)36-24-6-5-23-27(33-11-10-32-23)28(24)45(2,3)44;1-33(2,32)18-15(6-5-14-17(18)24-8-7-23-14)27-19-12(21)10-25-20(28-19)26-11-3-4-13(22)16(9-11)29(30)31;1-12-7-9-13(10-8-12)11-5-3-2-4-6-11;2-1-4-3;;;/h4-7,10-11,18-19,21H,8-9,12-17H2,1-3H3,(H2,34,35,36,37);3-10H,1-2H3,(H2,25,26,27,28);11H,2-10H2,1H3;1,3H;;;/q;;;;2*+1;-1/p-1. The molecule has 1 saturated carbocycles. The first-order valence-corrected chi connectivity index (χ1v) is 37.5. The predicted molar refractivity (Wildman–Crippen MR) is 375 cm³/mol. The van der Waals surface area contributed by atoms with Crippen LogP contribution in [0, 0.1) is 26.0 Å². The molecule has 4 aromatic heterocycles. The summed E-state index contributed by atoms with van der Waals surface area (Å²) in [6, 6.07) is 17.1. The summed E-state index contributed by atoms with van der Waals surface area (Å²) in [6.45, 7) is 17.5. The molecule has 4 N–H and O–H groups in total. The van der Waals surface area contributed by atoms with Crippen molar-refractivity contribution in [2.45, 2.75) is 57.0 Å². The van der Waals surface area contributed by atoms with Gasteiger partial charge in [-0.25, -0.2) is 9.97 Å². The molecule has 0 amide bonds. The number of anilines is 9. The third kappa shape index (κ3) is 22.0. The van der Waals surface area contributed by atoms with Crippen LogP contribution in [0.4, 0.5) is 67.7 Å². The van der Waals surface area contributed by atoms with E-state index in [2.05, 4.69) is 136 Å². The van der Waals surface area contributed by atoms with Gasteiger partial charge in [-0.3, -0.25) is 54.8 Å². The summed E-state index contributed by atoms with van der Waals surface area (Å²) in [4.78, 5) is 80.4. The van der Waals surface area contributed by atoms with Crippen molar-refractivity contribution in [3.8, 4) is 0 Å². The molecule has 3 aliphatic heterocycles. The fourth-order valence-corrected chi connectivity index (χ4v) is 15.3. The van der Waals surface area contributed by atoms with E-state index in [0.717, 1.165) is 70.3 Å². The second-order valence-electron chi connectivity index (χ2n) is 24.0. The Hall–Kier alpha value is -4.59. The minimum Gasteiger partial charge on any atom is -1.00 e. The van der Waals surface area contributed by atoms with Gasteiger partial charge in [-0.2, -0.15) is 14.4 Å². The number of nitrogens with zero attached hydrogens (tertiary/aromatic N) is 15. The van der Waals surface area contributed by atoms with Crippen LogP contribution in [0.5, 0.6) is 0 Å². The molecule has 35 heteroatoms. The molecule has 0 unspecified atom stereocenters. The van der Waals surface area contributed by atoms with Crippen LogP contribution in [-0.2, 0) is 18.8 Å². The number of likely N-dealkylation sites (N-methyl/N-ethyl adjacent to an activating group) is 2. The number of carbonyl (C=O) groups is 1. The van der Waals surface area contributed by atoms with Crippen LogP contribution >= 0.6 is 46.1 Å². The summed E-state index contributed by atoms with van der Waals surface area (Å²) < 4.78 is 41.2. The zero-order valence-corrected chi connectivity index (χ0v) is 66.6. The van der Waals surface area contributed by atoms with E-state index in [1.54, 1.807) is 69.6 Å². The van der Waals surface area contributed by atoms with Crippen molar-refractivity contribution in [3.63, 3.8) is 0 Å². The van der Waals surface area contributed by atoms with E-state index in [0.29, 0.717) is 82.0 Å². The Kier molecular flexibility index (Phi) is 30.7. The second kappa shape index (κ2) is 37.4. The van der Waals surface area contributed by atoms with Gasteiger partial charge >= 0.3 is 108 Å². The number of rotatable bonds is 16. The minimum atomic E-state index is -2.78. The maximum Gasteiger partial charge on any atom is 1.00 e. The summed E-state index contributed by atoms with van der Waals surface area (Å²) in [5.41, 5.74) is 4.22. The first kappa shape index (κ1) is 79.7. The summed E-state index contributed by atoms with van der Waals surface area (Å²) in [5, 5.41) is 45.1. The Morgan fingerprint density at radius 3 is 1.41 bits per heavy atom. The van der Waals surface area contributed by atoms with Crippen LogP contribution in [0.15, 0.2) is 107 Å². The molecule has 1 aliphatic carbocycles. The molecule has 506 valence electrons. The molecule has 8 aromatic rings. The van der Waals surface area contributed by atoms with Crippen molar-refractivity contribution in [2.24, 2.45) is 0 Å². The average molecular weight is 1550 g/mol. The van der Waals surface area contributed by atoms with Gasteiger partial charge in [0.2, 0.25) is 17.7 Å². The van der Waals surface area contributed by atoms with E-state index in [4.69, 9.17) is 10.1 Å². The van der Waals surface area contributed by atoms with Gasteiger partial charge in [0.05, 0.1) is 51.8 Å². The first-order valence-electron chi connectivity index (χ1n) is 30.7. The second-order valence-corrected chi connectivity index (χ2v) is 32.0. The number of halogens is 3. The van der Waals surface area contributed by atoms with E-state index in [-0.39, 0.29) is 139 Å². The Balaban J connectivity index is 0.000000249. The van der Waals surface area contributed by atoms with Crippen LogP contribution in [0.1, 0.15) is 46.4 Å². The number of benzene rings is 4. The predicted octanol–water partition coefficient (Wildman–Crippen LogP) is 4.13. The van der Waals surface area contributed by atoms with E-state index >= 15 is 0 Å². The number of nitro groups is 2. The van der Waals surface area contributed by atoms with E-state index in [1.165, 1.54) is 82.8 Å². The fraction of sp³-hybridized carbons (Fsp3) is 0.403. The van der Waals surface area contributed by atoms with Gasteiger partial charge in [-0.05, 0) is 147 Å². The Morgan fingerprint density at radius 2 is 0.990 bits per heavy atom. The Morgan fingerprint density at radius 1 is 0.577 bits per heavy atom. The Bertz CT molecular complexity index is 4140. The molecule has 0 spiro atoms. The van der Waals surface area contributed by atoms with Gasteiger partial charge in [0.15, 0.2) is 0 Å². The molecule has 4 aromatic carbocycles. The smallest absolute Gasteiger partial charge is 1.00 e. The van der Waals surface area contributed by atoms with Gasteiger partial charge in [0, 0.05) is 138 Å². The molecule has 97 heavy (non-hydrogen) atoms. The van der Waals surface area contributed by atoms with Crippen molar-refractivity contribution >= 4 is 149 Å². The molecule has 0 bridgehead atoms. The van der Waals surface area contributed by atoms with Gasteiger partial charge < -0.3 is 56.7 Å². The van der Waals surface area contributed by atoms with Gasteiger partial charge in [0.25, 0.3) is 12.2 Å². The van der Waals surface area contributed by atoms with Crippen molar-refractivity contribution in [1.82, 2.24) is 59.5 Å². The first-order chi connectivity index (χ1) is 45.5. The molecular weight excluding hydrogens is 1470 g/mol. The SMILES string of the molecule is CN1CCN(C2CCCCC2)CC1.CN1CCN(C2CCN(c3ccc(Nc4ncc(Br)c(Nc5ccc6nccnc6c5P(C)(C)=O)n4)cc3[N+](=O)[O-])CC2)CC1.CP(C)(=O)c1c(Nc2nc(Nc3ccc(F)c([N+](=O)[O-])c3)ncc2Br)ccc2nccnc12.O=CO[O-].[H-].[K+].[K+]. The fourth-order valence-electron chi connectivity index (χ4n) is 11.9. The maximum atomic E-state index is 13.6. The summed E-state index contributed by atoms with van der Waals surface area (Å²) in [6.07, 6.45) is 18.7. The third-order valence-electron chi connectivity index (χ3n) is 16.7. The molecule has 0 radical (unpaired) electrons. The molecule has 28 nitrogen and oxygen atoms in total. The minimum absolute atomic E-state index is 0. The zero-order chi connectivity index (χ0) is 68.0. The number of piperazine rings is 2. The van der Waals surface area contributed by atoms with Crippen LogP contribution in [0.25, 0.3) is 22.1 Å². The molecule has 12 rings (SSSR count). The number of nitro benzene ring substituents is 2. The monoisotopic (exact) mass is 1550 g/mol. The molecule has 4 fully saturated rings. The van der Waals surface area contributed by atoms with Crippen molar-refractivity contribution < 1.29 is 143 Å². The largest absolute Gasteiger partial charge is 1.00 e. The quantitative estimate of drug-likeness (QED) is 0.0264. The normalized spacial score (nSPS) is 15.9. The van der Waals surface area contributed by atoms with Crippen LogP contribution in [0.3, 0.4) is 0 Å². The van der Waals surface area contributed by atoms with Gasteiger partial charge in [-0.15, -0.1) is 0 Å². The topological polar surface area (TPSA) is 337 Å². The zero-order valence-electron chi connectivity index (χ0n) is 56.4. The van der Waals surface area contributed by atoms with Crippen molar-refractivity contribution in [1.29, 1.82) is 0 Å². The number of hydrogen-bond donors (Lipinski definition) is 4. The molecule has 4 aliphatic rings. The molecule has 0 atom stereocenters.